The molecule has 0 aliphatic heterocycles. The summed E-state index contributed by atoms with van der Waals surface area (Å²) >= 11 is 11.5. The number of hydrogen-bond acceptors (Lipinski definition) is 2. The molecular formula is C12H8Cl2F2N2. The molecule has 0 heterocycles. The van der Waals surface area contributed by atoms with E-state index in [4.69, 9.17) is 28.9 Å². The summed E-state index contributed by atoms with van der Waals surface area (Å²) in [6.45, 7) is 0. The van der Waals surface area contributed by atoms with E-state index < -0.39 is 11.6 Å². The Morgan fingerprint density at radius 2 is 1.67 bits per heavy atom. The summed E-state index contributed by atoms with van der Waals surface area (Å²) in [5, 5.41) is 3.03. The Balaban J connectivity index is 2.40. The number of anilines is 3. The van der Waals surface area contributed by atoms with Crippen molar-refractivity contribution in [3.05, 3.63) is 52.0 Å². The molecule has 3 N–H and O–H groups in total. The van der Waals surface area contributed by atoms with Gasteiger partial charge in [0.15, 0.2) is 0 Å². The van der Waals surface area contributed by atoms with Gasteiger partial charge in [-0.2, -0.15) is 0 Å². The highest BCUT2D eigenvalue weighted by molar-refractivity contribution is 6.33. The number of nitrogens with one attached hydrogen (secondary N) is 1. The van der Waals surface area contributed by atoms with Crippen molar-refractivity contribution in [2.45, 2.75) is 0 Å². The van der Waals surface area contributed by atoms with E-state index in [1.165, 1.54) is 24.3 Å². The summed E-state index contributed by atoms with van der Waals surface area (Å²) in [6, 6.07) is 6.24. The maximum absolute atomic E-state index is 13.1. The molecule has 0 atom stereocenters. The van der Waals surface area contributed by atoms with Gasteiger partial charge in [0.05, 0.1) is 27.1 Å². The predicted octanol–water partition coefficient (Wildman–Crippen LogP) is 4.60. The predicted molar refractivity (Wildman–Crippen MR) is 70.5 cm³/mol. The Labute approximate surface area is 112 Å². The minimum Gasteiger partial charge on any atom is -0.397 e. The fourth-order valence-corrected chi connectivity index (χ4v) is 1.74. The lowest BCUT2D eigenvalue weighted by atomic mass is 10.2. The maximum atomic E-state index is 13.1. The van der Waals surface area contributed by atoms with Crippen LogP contribution < -0.4 is 11.1 Å². The molecule has 94 valence electrons. The summed E-state index contributed by atoms with van der Waals surface area (Å²) in [7, 11) is 0. The molecule has 0 fully saturated rings. The Morgan fingerprint density at radius 1 is 0.944 bits per heavy atom. The van der Waals surface area contributed by atoms with Crippen LogP contribution in [0.5, 0.6) is 0 Å². The first kappa shape index (κ1) is 12.9. The van der Waals surface area contributed by atoms with E-state index in [2.05, 4.69) is 5.32 Å². The molecule has 0 aliphatic carbocycles. The smallest absolute Gasteiger partial charge is 0.143 e. The molecule has 0 aliphatic rings. The van der Waals surface area contributed by atoms with Crippen LogP contribution in [0.4, 0.5) is 25.8 Å². The lowest BCUT2D eigenvalue weighted by Gasteiger charge is -2.11. The van der Waals surface area contributed by atoms with Crippen LogP contribution in [0.2, 0.25) is 10.0 Å². The van der Waals surface area contributed by atoms with Crippen LogP contribution >= 0.6 is 23.2 Å². The number of hydrogen-bond donors (Lipinski definition) is 2. The van der Waals surface area contributed by atoms with Crippen LogP contribution in [0.3, 0.4) is 0 Å². The number of halogens is 4. The van der Waals surface area contributed by atoms with Crippen molar-refractivity contribution in [2.75, 3.05) is 11.1 Å². The van der Waals surface area contributed by atoms with Crippen LogP contribution in [0.15, 0.2) is 30.3 Å². The third kappa shape index (κ3) is 2.66. The van der Waals surface area contributed by atoms with Crippen molar-refractivity contribution in [1.29, 1.82) is 0 Å². The summed E-state index contributed by atoms with van der Waals surface area (Å²) in [5.41, 5.74) is 6.46. The van der Waals surface area contributed by atoms with Gasteiger partial charge in [-0.3, -0.25) is 0 Å². The van der Waals surface area contributed by atoms with Crippen LogP contribution in [0.25, 0.3) is 0 Å². The molecular weight excluding hydrogens is 281 g/mol. The lowest BCUT2D eigenvalue weighted by molar-refractivity contribution is 0.628. The monoisotopic (exact) mass is 288 g/mol. The summed E-state index contributed by atoms with van der Waals surface area (Å²) in [5.74, 6) is -1.07. The fraction of sp³-hybridized carbons (Fsp3) is 0. The van der Waals surface area contributed by atoms with E-state index in [-0.39, 0.29) is 10.7 Å². The highest BCUT2D eigenvalue weighted by Crippen LogP contribution is 2.32. The van der Waals surface area contributed by atoms with E-state index in [0.717, 1.165) is 6.07 Å². The highest BCUT2D eigenvalue weighted by atomic mass is 35.5. The van der Waals surface area contributed by atoms with Crippen LogP contribution in [0, 0.1) is 11.6 Å². The largest absolute Gasteiger partial charge is 0.397 e. The maximum Gasteiger partial charge on any atom is 0.143 e. The van der Waals surface area contributed by atoms with Crippen molar-refractivity contribution < 1.29 is 8.78 Å². The molecule has 2 aromatic rings. The number of nitrogen functional groups attached to an aromatic ring is 1. The first-order valence-corrected chi connectivity index (χ1v) is 5.69. The van der Waals surface area contributed by atoms with Gasteiger partial charge in [0.25, 0.3) is 0 Å². The summed E-state index contributed by atoms with van der Waals surface area (Å²) < 4.78 is 26.2. The molecule has 0 spiro atoms. The zero-order chi connectivity index (χ0) is 13.3. The normalized spacial score (nSPS) is 10.4. The molecule has 0 bridgehead atoms. The molecule has 0 saturated carbocycles. The third-order valence-corrected chi connectivity index (χ3v) is 2.91. The number of rotatable bonds is 2. The molecule has 2 aromatic carbocycles. The topological polar surface area (TPSA) is 38.0 Å². The van der Waals surface area contributed by atoms with Crippen molar-refractivity contribution in [2.24, 2.45) is 0 Å². The van der Waals surface area contributed by atoms with Crippen LogP contribution in [-0.4, -0.2) is 0 Å². The second-order valence-corrected chi connectivity index (χ2v) is 4.42. The van der Waals surface area contributed by atoms with Gasteiger partial charge >= 0.3 is 0 Å². The summed E-state index contributed by atoms with van der Waals surface area (Å²) in [6.07, 6.45) is 0. The Bertz CT molecular complexity index is 603. The Hall–Kier alpha value is -1.52. The van der Waals surface area contributed by atoms with Crippen LogP contribution in [-0.2, 0) is 0 Å². The van der Waals surface area contributed by atoms with Crippen LogP contribution in [0.1, 0.15) is 0 Å². The van der Waals surface area contributed by atoms with Gasteiger partial charge in [-0.1, -0.05) is 23.2 Å². The van der Waals surface area contributed by atoms with Crippen molar-refractivity contribution in [3.8, 4) is 0 Å². The minimum absolute atomic E-state index is 0.0841. The van der Waals surface area contributed by atoms with Gasteiger partial charge in [0, 0.05) is 6.07 Å². The van der Waals surface area contributed by atoms with E-state index in [0.29, 0.717) is 16.4 Å². The third-order valence-electron chi connectivity index (χ3n) is 2.29. The van der Waals surface area contributed by atoms with Crippen molar-refractivity contribution in [1.82, 2.24) is 0 Å². The number of nitrogens with two attached hydrogens (primary N) is 1. The first-order valence-electron chi connectivity index (χ1n) is 4.94. The standard InChI is InChI=1S/C12H8Cl2F2N2/c13-7-2-1-6(15)3-11(7)18-12-4-8(14)9(16)5-10(12)17/h1-5,18H,17H2. The fourth-order valence-electron chi connectivity index (χ4n) is 1.41. The average molecular weight is 289 g/mol. The van der Waals surface area contributed by atoms with Gasteiger partial charge in [-0.05, 0) is 24.3 Å². The Morgan fingerprint density at radius 3 is 2.39 bits per heavy atom. The van der Waals surface area contributed by atoms with Crippen molar-refractivity contribution in [3.63, 3.8) is 0 Å². The molecule has 0 saturated heterocycles. The molecule has 0 aromatic heterocycles. The molecule has 6 heteroatoms. The molecule has 0 unspecified atom stereocenters. The van der Waals surface area contributed by atoms with Gasteiger partial charge in [-0.15, -0.1) is 0 Å². The van der Waals surface area contributed by atoms with Crippen molar-refractivity contribution >= 4 is 40.3 Å². The molecule has 18 heavy (non-hydrogen) atoms. The van der Waals surface area contributed by atoms with Gasteiger partial charge in [0.1, 0.15) is 11.6 Å². The van der Waals surface area contributed by atoms with E-state index >= 15 is 0 Å². The van der Waals surface area contributed by atoms with E-state index in [9.17, 15) is 8.78 Å². The van der Waals surface area contributed by atoms with Gasteiger partial charge in [0.2, 0.25) is 0 Å². The average Bonchev–Trinajstić information content (AvgIpc) is 2.30. The Kier molecular flexibility index (Phi) is 3.59. The highest BCUT2D eigenvalue weighted by Gasteiger charge is 2.09. The van der Waals surface area contributed by atoms with E-state index in [1.807, 2.05) is 0 Å². The lowest BCUT2D eigenvalue weighted by Crippen LogP contribution is -1.98. The first-order chi connectivity index (χ1) is 8.47. The van der Waals surface area contributed by atoms with Gasteiger partial charge in [-0.25, -0.2) is 8.78 Å². The molecule has 0 radical (unpaired) electrons. The zero-order valence-corrected chi connectivity index (χ0v) is 10.5. The molecule has 2 nitrogen and oxygen atoms in total. The molecule has 0 amide bonds. The molecule has 2 rings (SSSR count). The second kappa shape index (κ2) is 5.00. The SMILES string of the molecule is Nc1cc(F)c(Cl)cc1Nc1cc(F)ccc1Cl. The zero-order valence-electron chi connectivity index (χ0n) is 8.98. The number of benzene rings is 2. The second-order valence-electron chi connectivity index (χ2n) is 3.60. The minimum atomic E-state index is -0.620. The quantitative estimate of drug-likeness (QED) is 0.793. The summed E-state index contributed by atoms with van der Waals surface area (Å²) in [4.78, 5) is 0. The van der Waals surface area contributed by atoms with E-state index in [1.54, 1.807) is 0 Å². The van der Waals surface area contributed by atoms with Gasteiger partial charge < -0.3 is 11.1 Å².